The summed E-state index contributed by atoms with van der Waals surface area (Å²) in [6, 6.07) is 7.51. The normalized spacial score (nSPS) is 31.0. The second-order valence-corrected chi connectivity index (χ2v) is 5.80. The van der Waals surface area contributed by atoms with Gasteiger partial charge in [0.05, 0.1) is 25.7 Å². The average molecular weight is 290 g/mol. The van der Waals surface area contributed by atoms with Crippen LogP contribution in [0.3, 0.4) is 0 Å². The highest BCUT2D eigenvalue weighted by Crippen LogP contribution is 2.37. The molecule has 5 nitrogen and oxygen atoms in total. The zero-order chi connectivity index (χ0) is 14.8. The largest absolute Gasteiger partial charge is 0.496 e. The van der Waals surface area contributed by atoms with Gasteiger partial charge < -0.3 is 20.5 Å². The van der Waals surface area contributed by atoms with Crippen molar-refractivity contribution in [1.82, 2.24) is 5.32 Å². The molecule has 3 rings (SSSR count). The molecule has 4 atom stereocenters. The van der Waals surface area contributed by atoms with Crippen molar-refractivity contribution in [1.29, 1.82) is 0 Å². The lowest BCUT2D eigenvalue weighted by Crippen LogP contribution is -2.72. The Morgan fingerprint density at radius 1 is 1.48 bits per heavy atom. The summed E-state index contributed by atoms with van der Waals surface area (Å²) in [5, 5.41) is 3.02. The number of nitrogens with two attached hydrogens (primary N) is 1. The van der Waals surface area contributed by atoms with E-state index in [4.69, 9.17) is 15.2 Å². The molecule has 2 aliphatic rings. The number of hydrogen-bond acceptors (Lipinski definition) is 4. The topological polar surface area (TPSA) is 73.6 Å². The molecule has 1 aliphatic carbocycles. The van der Waals surface area contributed by atoms with Gasteiger partial charge in [-0.1, -0.05) is 18.2 Å². The third-order valence-corrected chi connectivity index (χ3v) is 4.55. The molecule has 21 heavy (non-hydrogen) atoms. The minimum atomic E-state index is -0.0579. The Hall–Kier alpha value is -1.59. The summed E-state index contributed by atoms with van der Waals surface area (Å²) in [4.78, 5) is 12.2. The number of rotatable bonds is 4. The molecule has 1 aromatic rings. The second-order valence-electron chi connectivity index (χ2n) is 5.80. The first-order chi connectivity index (χ1) is 10.2. The van der Waals surface area contributed by atoms with Crippen LogP contribution in [-0.2, 0) is 16.0 Å². The fourth-order valence-electron chi connectivity index (χ4n) is 3.38. The van der Waals surface area contributed by atoms with Gasteiger partial charge in [0.25, 0.3) is 0 Å². The van der Waals surface area contributed by atoms with Crippen LogP contribution < -0.4 is 15.8 Å². The van der Waals surface area contributed by atoms with E-state index in [2.05, 4.69) is 5.32 Å². The standard InChI is InChI=1S/C16H22N2O3/c1-20-12-7-3-2-5-10(12)9-13(19)18-15-14(17)11-6-4-8-21-16(11)15/h2-3,5,7,11,14-16H,4,6,8-9,17H2,1H3,(H,18,19). The van der Waals surface area contributed by atoms with E-state index >= 15 is 0 Å². The van der Waals surface area contributed by atoms with E-state index < -0.39 is 0 Å². The van der Waals surface area contributed by atoms with Crippen molar-refractivity contribution in [3.8, 4) is 5.75 Å². The molecule has 1 aliphatic heterocycles. The molecular weight excluding hydrogens is 268 g/mol. The minimum absolute atomic E-state index is 0.0110. The summed E-state index contributed by atoms with van der Waals surface area (Å²) in [6.07, 6.45) is 2.56. The monoisotopic (exact) mass is 290 g/mol. The Morgan fingerprint density at radius 2 is 2.29 bits per heavy atom. The first kappa shape index (κ1) is 14.4. The van der Waals surface area contributed by atoms with Gasteiger partial charge in [0.1, 0.15) is 5.75 Å². The summed E-state index contributed by atoms with van der Waals surface area (Å²) in [5.74, 6) is 1.10. The molecule has 1 saturated carbocycles. The molecule has 0 radical (unpaired) electrons. The van der Waals surface area contributed by atoms with E-state index in [1.54, 1.807) is 7.11 Å². The first-order valence-corrected chi connectivity index (χ1v) is 7.49. The van der Waals surface area contributed by atoms with Gasteiger partial charge in [0, 0.05) is 24.1 Å². The number of hydrogen-bond donors (Lipinski definition) is 2. The van der Waals surface area contributed by atoms with Crippen LogP contribution in [0, 0.1) is 5.92 Å². The summed E-state index contributed by atoms with van der Waals surface area (Å²) in [7, 11) is 1.61. The lowest BCUT2D eigenvalue weighted by Gasteiger charge is -2.52. The summed E-state index contributed by atoms with van der Waals surface area (Å²) >= 11 is 0. The molecule has 0 aromatic heterocycles. The smallest absolute Gasteiger partial charge is 0.224 e. The molecular formula is C16H22N2O3. The van der Waals surface area contributed by atoms with Crippen molar-refractivity contribution in [2.24, 2.45) is 11.7 Å². The lowest BCUT2D eigenvalue weighted by molar-refractivity contribution is -0.138. The lowest BCUT2D eigenvalue weighted by atomic mass is 9.68. The van der Waals surface area contributed by atoms with Crippen LogP contribution in [-0.4, -0.2) is 37.8 Å². The van der Waals surface area contributed by atoms with E-state index in [1.807, 2.05) is 24.3 Å². The maximum absolute atomic E-state index is 12.2. The van der Waals surface area contributed by atoms with Crippen LogP contribution >= 0.6 is 0 Å². The molecule has 114 valence electrons. The third-order valence-electron chi connectivity index (χ3n) is 4.55. The zero-order valence-electron chi connectivity index (χ0n) is 12.2. The van der Waals surface area contributed by atoms with Crippen molar-refractivity contribution >= 4 is 5.91 Å². The Morgan fingerprint density at radius 3 is 3.10 bits per heavy atom. The number of ether oxygens (including phenoxy) is 2. The minimum Gasteiger partial charge on any atom is -0.496 e. The van der Waals surface area contributed by atoms with E-state index in [9.17, 15) is 4.79 Å². The molecule has 3 N–H and O–H groups in total. The van der Waals surface area contributed by atoms with E-state index in [-0.39, 0.29) is 24.1 Å². The van der Waals surface area contributed by atoms with Crippen molar-refractivity contribution in [3.05, 3.63) is 29.8 Å². The zero-order valence-corrected chi connectivity index (χ0v) is 12.2. The third kappa shape index (κ3) is 2.76. The molecule has 4 unspecified atom stereocenters. The van der Waals surface area contributed by atoms with E-state index in [0.29, 0.717) is 12.3 Å². The molecule has 1 aromatic carbocycles. The van der Waals surface area contributed by atoms with Gasteiger partial charge in [-0.25, -0.2) is 0 Å². The quantitative estimate of drug-likeness (QED) is 0.862. The van der Waals surface area contributed by atoms with E-state index in [1.165, 1.54) is 0 Å². The fourth-order valence-corrected chi connectivity index (χ4v) is 3.38. The molecule has 0 spiro atoms. The molecule has 5 heteroatoms. The van der Waals surface area contributed by atoms with Crippen LogP contribution in [0.1, 0.15) is 18.4 Å². The van der Waals surface area contributed by atoms with Crippen LogP contribution in [0.5, 0.6) is 5.75 Å². The predicted molar refractivity (Wildman–Crippen MR) is 79.1 cm³/mol. The van der Waals surface area contributed by atoms with Gasteiger partial charge in [-0.2, -0.15) is 0 Å². The second kappa shape index (κ2) is 6.03. The van der Waals surface area contributed by atoms with Gasteiger partial charge in [0.2, 0.25) is 5.91 Å². The van der Waals surface area contributed by atoms with Crippen LogP contribution in [0.4, 0.5) is 0 Å². The molecule has 1 saturated heterocycles. The molecule has 2 fully saturated rings. The number of benzene rings is 1. The first-order valence-electron chi connectivity index (χ1n) is 7.49. The number of methoxy groups -OCH3 is 1. The Bertz CT molecular complexity index is 520. The number of fused-ring (bicyclic) bond motifs is 1. The number of carbonyl (C=O) groups excluding carboxylic acids is 1. The van der Waals surface area contributed by atoms with Gasteiger partial charge in [0.15, 0.2) is 0 Å². The molecule has 1 heterocycles. The van der Waals surface area contributed by atoms with Crippen LogP contribution in [0.2, 0.25) is 0 Å². The predicted octanol–water partition coefficient (Wildman–Crippen LogP) is 0.859. The Balaban J connectivity index is 1.59. The van der Waals surface area contributed by atoms with Gasteiger partial charge >= 0.3 is 0 Å². The van der Waals surface area contributed by atoms with E-state index in [0.717, 1.165) is 30.8 Å². The fraction of sp³-hybridized carbons (Fsp3) is 0.562. The number of amides is 1. The number of para-hydroxylation sites is 1. The van der Waals surface area contributed by atoms with Crippen molar-refractivity contribution < 1.29 is 14.3 Å². The van der Waals surface area contributed by atoms with Crippen molar-refractivity contribution in [3.63, 3.8) is 0 Å². The average Bonchev–Trinajstić information content (AvgIpc) is 2.53. The maximum atomic E-state index is 12.2. The summed E-state index contributed by atoms with van der Waals surface area (Å²) in [6.45, 7) is 0.771. The van der Waals surface area contributed by atoms with Crippen LogP contribution in [0.15, 0.2) is 24.3 Å². The van der Waals surface area contributed by atoms with Crippen molar-refractivity contribution in [2.75, 3.05) is 13.7 Å². The SMILES string of the molecule is COc1ccccc1CC(=O)NC1C(N)C2CCCOC21. The number of carbonyl (C=O) groups is 1. The van der Waals surface area contributed by atoms with Crippen LogP contribution in [0.25, 0.3) is 0 Å². The van der Waals surface area contributed by atoms with Gasteiger partial charge in [-0.05, 0) is 18.9 Å². The molecule has 0 bridgehead atoms. The van der Waals surface area contributed by atoms with Gasteiger partial charge in [-0.3, -0.25) is 4.79 Å². The van der Waals surface area contributed by atoms with Gasteiger partial charge in [-0.15, -0.1) is 0 Å². The molecule has 1 amide bonds. The summed E-state index contributed by atoms with van der Waals surface area (Å²) < 4.78 is 11.0. The summed E-state index contributed by atoms with van der Waals surface area (Å²) in [5.41, 5.74) is 7.04. The highest BCUT2D eigenvalue weighted by Gasteiger charge is 2.50. The Kier molecular flexibility index (Phi) is 4.12. The highest BCUT2D eigenvalue weighted by atomic mass is 16.5. The Labute approximate surface area is 124 Å². The van der Waals surface area contributed by atoms with Crippen molar-refractivity contribution in [2.45, 2.75) is 37.5 Å². The maximum Gasteiger partial charge on any atom is 0.224 e. The number of nitrogens with one attached hydrogen (secondary N) is 1. The highest BCUT2D eigenvalue weighted by molar-refractivity contribution is 5.80.